The second kappa shape index (κ2) is 14.8. The van der Waals surface area contributed by atoms with Crippen molar-refractivity contribution in [1.82, 2.24) is 10.2 Å². The smallest absolute Gasteiger partial charge is 0.193 e. The Balaban J connectivity index is 0.00000392. The van der Waals surface area contributed by atoms with Gasteiger partial charge in [-0.2, -0.15) is 0 Å². The first kappa shape index (κ1) is 24.9. The predicted octanol–water partition coefficient (Wildman–Crippen LogP) is 3.31. The second-order valence-electron chi connectivity index (χ2n) is 6.47. The van der Waals surface area contributed by atoms with Gasteiger partial charge < -0.3 is 24.4 Å². The summed E-state index contributed by atoms with van der Waals surface area (Å²) >= 11 is 0. The first-order valence-corrected chi connectivity index (χ1v) is 9.76. The first-order chi connectivity index (χ1) is 13.2. The van der Waals surface area contributed by atoms with Crippen LogP contribution in [0, 0.1) is 5.82 Å². The van der Waals surface area contributed by atoms with E-state index in [0.29, 0.717) is 32.4 Å². The van der Waals surface area contributed by atoms with Crippen molar-refractivity contribution in [3.63, 3.8) is 0 Å². The number of para-hydroxylation sites is 1. The minimum Gasteiger partial charge on any atom is -0.489 e. The van der Waals surface area contributed by atoms with Gasteiger partial charge >= 0.3 is 0 Å². The Hall–Kier alpha value is -1.13. The molecule has 160 valence electrons. The van der Waals surface area contributed by atoms with Crippen LogP contribution in [-0.2, 0) is 9.47 Å². The molecule has 2 rings (SSSR count). The Morgan fingerprint density at radius 2 is 2.04 bits per heavy atom. The van der Waals surface area contributed by atoms with Crippen molar-refractivity contribution in [3.05, 3.63) is 30.1 Å². The maximum Gasteiger partial charge on any atom is 0.193 e. The molecule has 0 unspecified atom stereocenters. The molecule has 0 amide bonds. The van der Waals surface area contributed by atoms with Gasteiger partial charge in [0.25, 0.3) is 0 Å². The maximum absolute atomic E-state index is 13.6. The van der Waals surface area contributed by atoms with Gasteiger partial charge in [0.1, 0.15) is 6.61 Å². The van der Waals surface area contributed by atoms with Gasteiger partial charge in [-0.3, -0.25) is 4.99 Å². The van der Waals surface area contributed by atoms with Crippen LogP contribution in [-0.4, -0.2) is 70.1 Å². The van der Waals surface area contributed by atoms with Gasteiger partial charge in [-0.05, 0) is 38.3 Å². The summed E-state index contributed by atoms with van der Waals surface area (Å²) < 4.78 is 30.3. The van der Waals surface area contributed by atoms with Gasteiger partial charge in [-0.1, -0.05) is 12.1 Å². The molecular weight excluding hydrogens is 476 g/mol. The van der Waals surface area contributed by atoms with Gasteiger partial charge in [-0.25, -0.2) is 4.39 Å². The molecule has 6 nitrogen and oxygen atoms in total. The molecule has 1 N–H and O–H groups in total. The van der Waals surface area contributed by atoms with Crippen LogP contribution in [0.4, 0.5) is 4.39 Å². The topological polar surface area (TPSA) is 55.3 Å². The Morgan fingerprint density at radius 3 is 2.75 bits per heavy atom. The summed E-state index contributed by atoms with van der Waals surface area (Å²) in [5, 5.41) is 3.27. The third-order valence-corrected chi connectivity index (χ3v) is 4.30. The third kappa shape index (κ3) is 9.38. The van der Waals surface area contributed by atoms with Gasteiger partial charge in [0.2, 0.25) is 0 Å². The van der Waals surface area contributed by atoms with Gasteiger partial charge in [0.15, 0.2) is 17.5 Å². The predicted molar refractivity (Wildman–Crippen MR) is 120 cm³/mol. The summed E-state index contributed by atoms with van der Waals surface area (Å²) in [6, 6.07) is 6.44. The molecule has 1 aromatic carbocycles. The molecule has 0 radical (unpaired) electrons. The molecule has 0 saturated carbocycles. The quantitative estimate of drug-likeness (QED) is 0.227. The van der Waals surface area contributed by atoms with Crippen LogP contribution in [0.3, 0.4) is 0 Å². The fraction of sp³-hybridized carbons (Fsp3) is 0.650. The lowest BCUT2D eigenvalue weighted by Gasteiger charge is -2.23. The highest BCUT2D eigenvalue weighted by molar-refractivity contribution is 14.0. The Labute approximate surface area is 184 Å². The van der Waals surface area contributed by atoms with Gasteiger partial charge in [0.05, 0.1) is 12.6 Å². The van der Waals surface area contributed by atoms with Crippen molar-refractivity contribution in [3.8, 4) is 5.75 Å². The van der Waals surface area contributed by atoms with E-state index < -0.39 is 0 Å². The molecule has 1 heterocycles. The van der Waals surface area contributed by atoms with Gasteiger partial charge in [-0.15, -0.1) is 24.0 Å². The minimum atomic E-state index is -0.342. The van der Waals surface area contributed by atoms with E-state index in [-0.39, 0.29) is 35.5 Å². The standard InChI is InChI=1S/C20H32FN3O3.HI/c1-3-22-20(23-11-6-13-26-17-9-14-25-15-10-17)24(2)12-16-27-19-8-5-4-7-18(19)21;/h4-5,7-8,17H,3,6,9-16H2,1-2H3,(H,22,23);1H. The van der Waals surface area contributed by atoms with E-state index in [1.165, 1.54) is 6.07 Å². The normalized spacial score (nSPS) is 15.0. The van der Waals surface area contributed by atoms with Crippen LogP contribution in [0.1, 0.15) is 26.2 Å². The van der Waals surface area contributed by atoms with Crippen LogP contribution in [0.5, 0.6) is 5.75 Å². The Kier molecular flexibility index (Phi) is 13.2. The van der Waals surface area contributed by atoms with E-state index in [1.807, 2.05) is 18.9 Å². The number of halogens is 2. The van der Waals surface area contributed by atoms with E-state index in [0.717, 1.165) is 45.0 Å². The van der Waals surface area contributed by atoms with Crippen LogP contribution in [0.2, 0.25) is 0 Å². The number of aliphatic imine (C=N–C) groups is 1. The zero-order chi connectivity index (χ0) is 19.3. The lowest BCUT2D eigenvalue weighted by molar-refractivity contribution is -0.0318. The molecule has 0 aromatic heterocycles. The molecule has 1 aliphatic rings. The highest BCUT2D eigenvalue weighted by atomic mass is 127. The number of nitrogens with one attached hydrogen (secondary N) is 1. The van der Waals surface area contributed by atoms with E-state index in [2.05, 4.69) is 10.3 Å². The number of benzene rings is 1. The molecule has 28 heavy (non-hydrogen) atoms. The van der Waals surface area contributed by atoms with Crippen molar-refractivity contribution in [2.24, 2.45) is 4.99 Å². The van der Waals surface area contributed by atoms with Crippen molar-refractivity contribution in [2.75, 3.05) is 53.1 Å². The summed E-state index contributed by atoms with van der Waals surface area (Å²) in [5.41, 5.74) is 0. The largest absolute Gasteiger partial charge is 0.489 e. The second-order valence-corrected chi connectivity index (χ2v) is 6.47. The van der Waals surface area contributed by atoms with Crippen LogP contribution < -0.4 is 10.1 Å². The fourth-order valence-corrected chi connectivity index (χ4v) is 2.77. The van der Waals surface area contributed by atoms with Gasteiger partial charge in [0, 0.05) is 40.0 Å². The average Bonchev–Trinajstić information content (AvgIpc) is 2.69. The molecule has 1 saturated heterocycles. The van der Waals surface area contributed by atoms with E-state index >= 15 is 0 Å². The van der Waals surface area contributed by atoms with Crippen molar-refractivity contribution >= 4 is 29.9 Å². The fourth-order valence-electron chi connectivity index (χ4n) is 2.77. The van der Waals surface area contributed by atoms with E-state index in [4.69, 9.17) is 14.2 Å². The van der Waals surface area contributed by atoms with E-state index in [9.17, 15) is 4.39 Å². The zero-order valence-electron chi connectivity index (χ0n) is 16.9. The van der Waals surface area contributed by atoms with Crippen LogP contribution in [0.15, 0.2) is 29.3 Å². The molecule has 8 heteroatoms. The molecule has 1 aromatic rings. The van der Waals surface area contributed by atoms with Crippen LogP contribution in [0.25, 0.3) is 0 Å². The minimum absolute atomic E-state index is 0. The number of nitrogens with zero attached hydrogens (tertiary/aromatic N) is 2. The Morgan fingerprint density at radius 1 is 1.29 bits per heavy atom. The van der Waals surface area contributed by atoms with Crippen molar-refractivity contribution < 1.29 is 18.6 Å². The van der Waals surface area contributed by atoms with E-state index in [1.54, 1.807) is 18.2 Å². The molecule has 0 atom stereocenters. The number of ether oxygens (including phenoxy) is 3. The summed E-state index contributed by atoms with van der Waals surface area (Å²) in [6.45, 7) is 6.83. The number of guanidine groups is 1. The monoisotopic (exact) mass is 509 g/mol. The molecule has 0 spiro atoms. The van der Waals surface area contributed by atoms with Crippen molar-refractivity contribution in [2.45, 2.75) is 32.3 Å². The Bertz CT molecular complexity index is 571. The maximum atomic E-state index is 13.6. The molecule has 0 bridgehead atoms. The highest BCUT2D eigenvalue weighted by Gasteiger charge is 2.13. The molecule has 0 aliphatic carbocycles. The first-order valence-electron chi connectivity index (χ1n) is 9.76. The highest BCUT2D eigenvalue weighted by Crippen LogP contribution is 2.15. The summed E-state index contributed by atoms with van der Waals surface area (Å²) in [5.74, 6) is 0.754. The zero-order valence-corrected chi connectivity index (χ0v) is 19.2. The summed E-state index contributed by atoms with van der Waals surface area (Å²) in [4.78, 5) is 6.63. The number of hydrogen-bond donors (Lipinski definition) is 1. The summed E-state index contributed by atoms with van der Waals surface area (Å²) in [7, 11) is 1.95. The SMILES string of the molecule is CCNC(=NCCCOC1CCOCC1)N(C)CCOc1ccccc1F.I. The number of rotatable bonds is 10. The average molecular weight is 509 g/mol. The third-order valence-electron chi connectivity index (χ3n) is 4.30. The van der Waals surface area contributed by atoms with Crippen molar-refractivity contribution in [1.29, 1.82) is 0 Å². The molecule has 1 aliphatic heterocycles. The number of hydrogen-bond acceptors (Lipinski definition) is 4. The van der Waals surface area contributed by atoms with Crippen LogP contribution >= 0.6 is 24.0 Å². The molecule has 1 fully saturated rings. The lowest BCUT2D eigenvalue weighted by Crippen LogP contribution is -2.41. The lowest BCUT2D eigenvalue weighted by atomic mass is 10.1. The number of likely N-dealkylation sites (N-methyl/N-ethyl adjacent to an activating group) is 1. The molecular formula is C20H33FIN3O3. The summed E-state index contributed by atoms with van der Waals surface area (Å²) in [6.07, 6.45) is 3.17.